The summed E-state index contributed by atoms with van der Waals surface area (Å²) in [4.78, 5) is 0. The van der Waals surface area contributed by atoms with Crippen LogP contribution in [0.2, 0.25) is 63.5 Å². The Kier molecular flexibility index (Phi) is 13.9. The van der Waals surface area contributed by atoms with Crippen molar-refractivity contribution in [2.45, 2.75) is 174 Å². The van der Waals surface area contributed by atoms with Gasteiger partial charge in [0.1, 0.15) is 0 Å². The molecule has 5 heteroatoms. The first-order valence-electron chi connectivity index (χ1n) is 18.3. The summed E-state index contributed by atoms with van der Waals surface area (Å²) in [5, 5.41) is 0. The van der Waals surface area contributed by atoms with Crippen LogP contribution in [0.3, 0.4) is 0 Å². The first-order valence-corrected chi connectivity index (χ1v) is 28.4. The molecule has 5 fully saturated rings. The Hall–Kier alpha value is 1.95. The minimum atomic E-state index is -1.23. The van der Waals surface area contributed by atoms with Crippen molar-refractivity contribution >= 4 is 24.5 Å². The molecule has 5 aliphatic rings. The van der Waals surface area contributed by atoms with Gasteiger partial charge in [-0.3, -0.25) is 0 Å². The third-order valence-electron chi connectivity index (χ3n) is 13.0. The van der Waals surface area contributed by atoms with Crippen molar-refractivity contribution < 1.29 is 40.4 Å². The number of nitrogens with zero attached hydrogens (tertiary/aromatic N) is 1. The molecule has 0 amide bonds. The van der Waals surface area contributed by atoms with E-state index in [0.717, 1.165) is 58.8 Å². The topological polar surface area (TPSA) is 14.1 Å². The summed E-state index contributed by atoms with van der Waals surface area (Å²) in [7, 11) is -3.44. The molecule has 0 bridgehead atoms. The van der Waals surface area contributed by atoms with E-state index in [1.54, 1.807) is 77.0 Å². The maximum atomic E-state index is 4.82. The van der Waals surface area contributed by atoms with Crippen molar-refractivity contribution in [3.8, 4) is 0 Å². The molecule has 0 spiro atoms. The Balaban J connectivity index is 0.000000403. The van der Waals surface area contributed by atoms with E-state index in [9.17, 15) is 0 Å². The molecule has 5 aliphatic carbocycles. The summed E-state index contributed by atoms with van der Waals surface area (Å²) >= 11 is 0. The van der Waals surface area contributed by atoms with Gasteiger partial charge in [-0.2, -0.15) is 0 Å². The van der Waals surface area contributed by atoms with Crippen molar-refractivity contribution in [1.82, 2.24) is 0 Å². The van der Waals surface area contributed by atoms with Crippen LogP contribution < -0.4 is 0 Å². The van der Waals surface area contributed by atoms with Crippen LogP contribution in [0.1, 0.15) is 111 Å². The Morgan fingerprint density at radius 3 is 1.49 bits per heavy atom. The largest absolute Gasteiger partial charge is 3.00 e. The molecule has 1 nitrogen and oxygen atoms in total. The smallest absolute Gasteiger partial charge is 0.668 e. The molecule has 5 rings (SSSR count). The molecule has 0 aromatic carbocycles. The number of hydrogen-bond acceptors (Lipinski definition) is 0. The van der Waals surface area contributed by atoms with Crippen LogP contribution in [-0.2, 0) is 0 Å². The zero-order valence-electron chi connectivity index (χ0n) is 29.6. The van der Waals surface area contributed by atoms with Gasteiger partial charge in [0.2, 0.25) is 0 Å². The van der Waals surface area contributed by atoms with E-state index in [-0.39, 0.29) is 40.4 Å². The fourth-order valence-electron chi connectivity index (χ4n) is 11.9. The second-order valence-electron chi connectivity index (χ2n) is 18.8. The van der Waals surface area contributed by atoms with Gasteiger partial charge in [-0.05, 0) is 96.4 Å². The van der Waals surface area contributed by atoms with Gasteiger partial charge in [0.15, 0.2) is 0 Å². The predicted molar refractivity (Wildman–Crippen MR) is 188 cm³/mol. The van der Waals surface area contributed by atoms with Crippen molar-refractivity contribution in [2.24, 2.45) is 53.3 Å². The second-order valence-corrected chi connectivity index (χ2v) is 33.5. The Bertz CT molecular complexity index is 768. The average molecular weight is 754 g/mol. The third kappa shape index (κ3) is 9.50. The fourth-order valence-corrected chi connectivity index (χ4v) is 25.4. The minimum absolute atomic E-state index is 0. The first-order chi connectivity index (χ1) is 18.6. The van der Waals surface area contributed by atoms with E-state index in [1.165, 1.54) is 18.4 Å². The maximum absolute atomic E-state index is 4.82. The van der Waals surface area contributed by atoms with Crippen LogP contribution in [-0.4, -0.2) is 24.5 Å². The molecule has 0 saturated heterocycles. The molecule has 237 valence electrons. The Morgan fingerprint density at radius 1 is 0.561 bits per heavy atom. The normalized spacial score (nSPS) is 39.8. The number of rotatable bonds is 6. The van der Waals surface area contributed by atoms with Gasteiger partial charge in [-0.25, -0.2) is 0 Å². The second kappa shape index (κ2) is 15.2. The van der Waals surface area contributed by atoms with E-state index in [4.69, 9.17) is 4.65 Å². The third-order valence-corrected chi connectivity index (χ3v) is 23.5. The monoisotopic (exact) mass is 754 g/mol. The molecule has 1 radical (unpaired) electrons. The van der Waals surface area contributed by atoms with E-state index < -0.39 is 24.5 Å². The summed E-state index contributed by atoms with van der Waals surface area (Å²) in [5.74, 6) is 9.68. The van der Waals surface area contributed by atoms with Gasteiger partial charge in [-0.15, -0.1) is 0 Å². The van der Waals surface area contributed by atoms with Crippen LogP contribution in [0.5, 0.6) is 0 Å². The zero-order valence-corrected chi connectivity index (χ0v) is 35.2. The molecule has 9 atom stereocenters. The van der Waals surface area contributed by atoms with Crippen molar-refractivity contribution in [3.63, 3.8) is 0 Å². The molecular formula is C36H72NSi3Sm+2. The molecule has 0 aromatic heterocycles. The van der Waals surface area contributed by atoms with Gasteiger partial charge < -0.3 is 4.65 Å². The molecule has 0 N–H and O–H groups in total. The van der Waals surface area contributed by atoms with E-state index >= 15 is 0 Å². The van der Waals surface area contributed by atoms with E-state index in [2.05, 4.69) is 73.1 Å². The van der Waals surface area contributed by atoms with Gasteiger partial charge >= 0.3 is 40.4 Å². The van der Waals surface area contributed by atoms with Crippen LogP contribution in [0.25, 0.3) is 4.65 Å². The van der Waals surface area contributed by atoms with Crippen LogP contribution in [0.4, 0.5) is 0 Å². The molecule has 0 heterocycles. The fraction of sp³-hybridized carbons (Fsp3) is 1.00. The van der Waals surface area contributed by atoms with E-state index in [1.807, 2.05) is 0 Å². The van der Waals surface area contributed by atoms with Crippen molar-refractivity contribution in [3.05, 3.63) is 4.65 Å². The quantitative estimate of drug-likeness (QED) is 0.240. The summed E-state index contributed by atoms with van der Waals surface area (Å²) in [6.07, 6.45) is 22.1. The molecule has 41 heavy (non-hydrogen) atoms. The van der Waals surface area contributed by atoms with E-state index in [0.29, 0.717) is 0 Å². The predicted octanol–water partition coefficient (Wildman–Crippen LogP) is 12.6. The van der Waals surface area contributed by atoms with Gasteiger partial charge in [0.05, 0.1) is 8.07 Å². The Morgan fingerprint density at radius 2 is 1.05 bits per heavy atom. The summed E-state index contributed by atoms with van der Waals surface area (Å²) in [6.45, 7) is 27.2. The number of fused-ring (bicyclic) bond motifs is 3. The number of hydrogen-bond donors (Lipinski definition) is 0. The van der Waals surface area contributed by atoms with Gasteiger partial charge in [0.25, 0.3) is 0 Å². The van der Waals surface area contributed by atoms with Crippen molar-refractivity contribution in [1.29, 1.82) is 0 Å². The Labute approximate surface area is 294 Å². The minimum Gasteiger partial charge on any atom is -0.668 e. The summed E-state index contributed by atoms with van der Waals surface area (Å²) in [5.41, 5.74) is 2.34. The van der Waals surface area contributed by atoms with Crippen LogP contribution >= 0.6 is 0 Å². The first kappa shape index (κ1) is 37.4. The average Bonchev–Trinajstić information content (AvgIpc) is 3.46. The SMILES string of the molecule is CC(C)[C@@H]1CC[C@@H](C)C[C@H]1C1CCC([Si](C)(C)C2C3CCCCC3C3CCCCC32)C1.C[Si](C)(C)[N-][Si](C)(C)C.[Sm+3]. The molecule has 5 saturated carbocycles. The molecule has 6 unspecified atom stereocenters. The van der Waals surface area contributed by atoms with Gasteiger partial charge in [-0.1, -0.05) is 147 Å². The summed E-state index contributed by atoms with van der Waals surface area (Å²) < 4.78 is 4.82. The van der Waals surface area contributed by atoms with Crippen molar-refractivity contribution in [2.75, 3.05) is 0 Å². The maximum Gasteiger partial charge on any atom is 3.00 e. The summed E-state index contributed by atoms with van der Waals surface area (Å²) in [6, 6.07) is 0. The van der Waals surface area contributed by atoms with Crippen LogP contribution in [0.15, 0.2) is 0 Å². The molecule has 0 aliphatic heterocycles. The molecule has 0 aromatic rings. The van der Waals surface area contributed by atoms with Gasteiger partial charge in [0, 0.05) is 0 Å². The standard InChI is InChI=1S/C30H54Si.C6H18NSi2.Sm/c1-20(2)24-17-14-21(3)18-29(24)22-15-16-23(19-22)31(4,5)30-27-12-8-6-10-25(27)26-11-7-9-13-28(26)30;1-8(2,3)7-9(4,5)6;/h20-30H,6-19H2,1-5H3;1-6H3;/q;-1;+3/t21-,22?,23?,24+,25?,26?,27?,28?,29+,30?;;/m1../s1. The zero-order chi connectivity index (χ0) is 29.5. The van der Waals surface area contributed by atoms with Crippen LogP contribution in [0, 0.1) is 93.6 Å². The molecular weight excluding hydrogens is 681 g/mol.